The number of hydrogen-bond acceptors (Lipinski definition) is 1. The predicted molar refractivity (Wildman–Crippen MR) is 57.3 cm³/mol. The van der Waals surface area contributed by atoms with Crippen molar-refractivity contribution in [2.45, 2.75) is 20.4 Å². The Bertz CT molecular complexity index is 457. The molecule has 2 nitrogen and oxygen atoms in total. The molecule has 0 aliphatic heterocycles. The van der Waals surface area contributed by atoms with Crippen LogP contribution in [0.1, 0.15) is 11.3 Å². The summed E-state index contributed by atoms with van der Waals surface area (Å²) in [6.07, 6.45) is 0. The van der Waals surface area contributed by atoms with Crippen LogP contribution >= 0.6 is 0 Å². The highest BCUT2D eigenvalue weighted by atomic mass is 16.3. The molecule has 0 atom stereocenters. The Morgan fingerprint density at radius 1 is 1.43 bits per heavy atom. The van der Waals surface area contributed by atoms with E-state index in [1.165, 1.54) is 22.2 Å². The standard InChI is InChI=1S/C12H14NO/c1-9-10(2)13(7-8-14)12-6-4-3-5-11(9)12/h4-6,14H,7-8H2,1-2H3. The van der Waals surface area contributed by atoms with Crippen LogP contribution in [0.2, 0.25) is 0 Å². The molecule has 1 aromatic carbocycles. The molecule has 0 unspecified atom stereocenters. The van der Waals surface area contributed by atoms with Crippen molar-refractivity contribution in [3.8, 4) is 0 Å². The van der Waals surface area contributed by atoms with Gasteiger partial charge in [0.05, 0.1) is 6.61 Å². The van der Waals surface area contributed by atoms with Gasteiger partial charge in [-0.2, -0.15) is 0 Å². The maximum atomic E-state index is 8.98. The molecular weight excluding hydrogens is 174 g/mol. The van der Waals surface area contributed by atoms with Crippen LogP contribution in [0.15, 0.2) is 18.2 Å². The first-order valence-electron chi connectivity index (χ1n) is 4.82. The number of aryl methyl sites for hydroxylation is 1. The van der Waals surface area contributed by atoms with E-state index in [1.54, 1.807) is 0 Å². The van der Waals surface area contributed by atoms with E-state index in [0.29, 0.717) is 6.54 Å². The van der Waals surface area contributed by atoms with Crippen LogP contribution in [0.25, 0.3) is 10.9 Å². The third-order valence-corrected chi connectivity index (χ3v) is 2.81. The molecular formula is C12H14NO. The van der Waals surface area contributed by atoms with Crippen LogP contribution in [0.5, 0.6) is 0 Å². The van der Waals surface area contributed by atoms with Gasteiger partial charge in [0.25, 0.3) is 0 Å². The molecule has 1 aromatic heterocycles. The Kier molecular flexibility index (Phi) is 2.30. The van der Waals surface area contributed by atoms with Crippen LogP contribution in [-0.2, 0) is 6.54 Å². The number of benzene rings is 1. The first-order valence-corrected chi connectivity index (χ1v) is 4.82. The van der Waals surface area contributed by atoms with Gasteiger partial charge in [0, 0.05) is 23.1 Å². The first-order chi connectivity index (χ1) is 6.75. The van der Waals surface area contributed by atoms with Gasteiger partial charge in [-0.25, -0.2) is 0 Å². The van der Waals surface area contributed by atoms with E-state index in [9.17, 15) is 0 Å². The number of aromatic nitrogens is 1. The zero-order chi connectivity index (χ0) is 10.1. The molecule has 73 valence electrons. The second kappa shape index (κ2) is 3.46. The molecule has 2 aromatic rings. The van der Waals surface area contributed by atoms with Gasteiger partial charge in [0.1, 0.15) is 0 Å². The van der Waals surface area contributed by atoms with Crippen molar-refractivity contribution in [2.24, 2.45) is 0 Å². The van der Waals surface area contributed by atoms with Gasteiger partial charge in [-0.3, -0.25) is 0 Å². The Labute approximate surface area is 83.8 Å². The summed E-state index contributed by atoms with van der Waals surface area (Å²) in [5.74, 6) is 0. The average molecular weight is 188 g/mol. The maximum Gasteiger partial charge on any atom is 0.0610 e. The van der Waals surface area contributed by atoms with Crippen LogP contribution < -0.4 is 0 Å². The molecule has 0 aliphatic carbocycles. The van der Waals surface area contributed by atoms with Crippen LogP contribution in [0.3, 0.4) is 0 Å². The van der Waals surface area contributed by atoms with E-state index in [1.807, 2.05) is 18.2 Å². The van der Waals surface area contributed by atoms with E-state index in [0.717, 1.165) is 0 Å². The van der Waals surface area contributed by atoms with Crippen molar-refractivity contribution in [3.63, 3.8) is 0 Å². The number of aliphatic hydroxyl groups is 1. The molecule has 0 saturated carbocycles. The van der Waals surface area contributed by atoms with Crippen LogP contribution in [0, 0.1) is 19.9 Å². The molecule has 0 aliphatic rings. The lowest BCUT2D eigenvalue weighted by atomic mass is 10.2. The largest absolute Gasteiger partial charge is 0.395 e. The Morgan fingerprint density at radius 3 is 2.93 bits per heavy atom. The zero-order valence-corrected chi connectivity index (χ0v) is 8.54. The zero-order valence-electron chi connectivity index (χ0n) is 8.54. The monoisotopic (exact) mass is 188 g/mol. The summed E-state index contributed by atoms with van der Waals surface area (Å²) in [7, 11) is 0. The highest BCUT2D eigenvalue weighted by Crippen LogP contribution is 2.24. The highest BCUT2D eigenvalue weighted by molar-refractivity contribution is 5.85. The molecule has 0 bridgehead atoms. The van der Waals surface area contributed by atoms with E-state index < -0.39 is 0 Å². The number of fused-ring (bicyclic) bond motifs is 1. The van der Waals surface area contributed by atoms with Crippen molar-refractivity contribution in [1.82, 2.24) is 4.57 Å². The lowest BCUT2D eigenvalue weighted by Crippen LogP contribution is -2.03. The summed E-state index contributed by atoms with van der Waals surface area (Å²) < 4.78 is 2.15. The molecule has 1 radical (unpaired) electrons. The van der Waals surface area contributed by atoms with Crippen molar-refractivity contribution in [1.29, 1.82) is 0 Å². The fourth-order valence-electron chi connectivity index (χ4n) is 1.92. The van der Waals surface area contributed by atoms with Crippen molar-refractivity contribution < 1.29 is 5.11 Å². The van der Waals surface area contributed by atoms with Crippen molar-refractivity contribution in [2.75, 3.05) is 6.61 Å². The lowest BCUT2D eigenvalue weighted by molar-refractivity contribution is 0.277. The fraction of sp³-hybridized carbons (Fsp3) is 0.333. The Balaban J connectivity index is 2.74. The Hall–Kier alpha value is -1.28. The normalized spacial score (nSPS) is 11.1. The summed E-state index contributed by atoms with van der Waals surface area (Å²) in [5.41, 5.74) is 3.70. The number of rotatable bonds is 2. The smallest absolute Gasteiger partial charge is 0.0610 e. The fourth-order valence-corrected chi connectivity index (χ4v) is 1.92. The number of hydrogen-bond donors (Lipinski definition) is 1. The summed E-state index contributed by atoms with van der Waals surface area (Å²) in [5, 5.41) is 10.2. The molecule has 0 saturated heterocycles. The van der Waals surface area contributed by atoms with Gasteiger partial charge in [-0.15, -0.1) is 0 Å². The second-order valence-electron chi connectivity index (χ2n) is 3.53. The van der Waals surface area contributed by atoms with Crippen molar-refractivity contribution in [3.05, 3.63) is 35.5 Å². The van der Waals surface area contributed by atoms with Gasteiger partial charge in [0.15, 0.2) is 0 Å². The summed E-state index contributed by atoms with van der Waals surface area (Å²) in [6.45, 7) is 5.05. The topological polar surface area (TPSA) is 25.2 Å². The number of aliphatic hydroxyl groups excluding tert-OH is 1. The molecule has 0 spiro atoms. The van der Waals surface area contributed by atoms with Gasteiger partial charge < -0.3 is 9.67 Å². The third-order valence-electron chi connectivity index (χ3n) is 2.81. The average Bonchev–Trinajstić information content (AvgIpc) is 2.45. The minimum atomic E-state index is 0.183. The summed E-state index contributed by atoms with van der Waals surface area (Å²) >= 11 is 0. The summed E-state index contributed by atoms with van der Waals surface area (Å²) in [6, 6.07) is 9.05. The molecule has 0 fully saturated rings. The molecule has 14 heavy (non-hydrogen) atoms. The summed E-state index contributed by atoms with van der Waals surface area (Å²) in [4.78, 5) is 0. The minimum Gasteiger partial charge on any atom is -0.395 e. The minimum absolute atomic E-state index is 0.183. The van der Waals surface area contributed by atoms with Gasteiger partial charge in [-0.05, 0) is 37.6 Å². The highest BCUT2D eigenvalue weighted by Gasteiger charge is 2.08. The predicted octanol–water partition coefficient (Wildman–Crippen LogP) is 2.05. The Morgan fingerprint density at radius 2 is 2.21 bits per heavy atom. The molecule has 2 heteroatoms. The van der Waals surface area contributed by atoms with Gasteiger partial charge in [0.2, 0.25) is 0 Å². The molecule has 1 heterocycles. The van der Waals surface area contributed by atoms with E-state index in [4.69, 9.17) is 5.11 Å². The van der Waals surface area contributed by atoms with E-state index >= 15 is 0 Å². The SMILES string of the molecule is Cc1c(C)n(CCO)c2cc[c]cc12. The molecule has 1 N–H and O–H groups in total. The third kappa shape index (κ3) is 1.23. The van der Waals surface area contributed by atoms with Gasteiger partial charge in [-0.1, -0.05) is 6.07 Å². The van der Waals surface area contributed by atoms with Crippen molar-refractivity contribution >= 4 is 10.9 Å². The van der Waals surface area contributed by atoms with E-state index in [-0.39, 0.29) is 6.61 Å². The van der Waals surface area contributed by atoms with E-state index in [2.05, 4.69) is 24.5 Å². The quantitative estimate of drug-likeness (QED) is 0.766. The second-order valence-corrected chi connectivity index (χ2v) is 3.53. The lowest BCUT2D eigenvalue weighted by Gasteiger charge is -2.05. The van der Waals surface area contributed by atoms with Gasteiger partial charge >= 0.3 is 0 Å². The molecule has 0 amide bonds. The molecule has 2 rings (SSSR count). The van der Waals surface area contributed by atoms with Crippen LogP contribution in [0.4, 0.5) is 0 Å². The van der Waals surface area contributed by atoms with Crippen LogP contribution in [-0.4, -0.2) is 16.3 Å². The number of nitrogens with zero attached hydrogens (tertiary/aromatic N) is 1. The maximum absolute atomic E-state index is 8.98. The first kappa shape index (κ1) is 9.28.